The molecule has 8 nitrogen and oxygen atoms in total. The third-order valence-electron chi connectivity index (χ3n) is 4.53. The number of sulfonamides is 1. The van der Waals surface area contributed by atoms with Crippen molar-refractivity contribution in [2.45, 2.75) is 24.2 Å². The summed E-state index contributed by atoms with van der Waals surface area (Å²) in [5.41, 5.74) is 3.31. The molecule has 156 valence electrons. The van der Waals surface area contributed by atoms with Crippen molar-refractivity contribution in [3.8, 4) is 0 Å². The molecule has 2 N–H and O–H groups in total. The van der Waals surface area contributed by atoms with Crippen LogP contribution in [0.1, 0.15) is 40.0 Å². The molecular weight excluding hydrogens is 412 g/mol. The molecule has 1 aliphatic heterocycles. The molecule has 1 aliphatic rings. The Morgan fingerprint density at radius 2 is 1.66 bits per heavy atom. The fourth-order valence-electron chi connectivity index (χ4n) is 3.06. The summed E-state index contributed by atoms with van der Waals surface area (Å²) < 4.78 is 26.9. The van der Waals surface area contributed by atoms with E-state index in [2.05, 4.69) is 10.7 Å². The van der Waals surface area contributed by atoms with Gasteiger partial charge in [0.1, 0.15) is 5.00 Å². The minimum atomic E-state index is -3.54. The van der Waals surface area contributed by atoms with Crippen molar-refractivity contribution in [1.82, 2.24) is 14.7 Å². The average molecular weight is 437 g/mol. The van der Waals surface area contributed by atoms with Crippen LogP contribution in [0, 0.1) is 0 Å². The van der Waals surface area contributed by atoms with Crippen molar-refractivity contribution in [3.63, 3.8) is 0 Å². The van der Waals surface area contributed by atoms with Gasteiger partial charge in [0.25, 0.3) is 11.8 Å². The van der Waals surface area contributed by atoms with Crippen LogP contribution in [-0.2, 0) is 10.0 Å². The van der Waals surface area contributed by atoms with Crippen LogP contribution in [0.3, 0.4) is 0 Å². The van der Waals surface area contributed by atoms with Crippen molar-refractivity contribution in [3.05, 3.63) is 46.8 Å². The highest BCUT2D eigenvalue weighted by molar-refractivity contribution is 7.89. The molecule has 2 heterocycles. The first-order chi connectivity index (χ1) is 13.8. The van der Waals surface area contributed by atoms with E-state index in [9.17, 15) is 18.0 Å². The van der Waals surface area contributed by atoms with Crippen LogP contribution in [0.4, 0.5) is 5.00 Å². The Kier molecular flexibility index (Phi) is 6.68. The second-order valence-corrected chi connectivity index (χ2v) is 9.80. The summed E-state index contributed by atoms with van der Waals surface area (Å²) in [4.78, 5) is 24.9. The maximum atomic E-state index is 12.7. The minimum Gasteiger partial charge on any atom is -0.313 e. The smallest absolute Gasteiger partial charge is 0.268 e. The Bertz CT molecular complexity index is 978. The number of benzene rings is 1. The quantitative estimate of drug-likeness (QED) is 0.678. The zero-order valence-corrected chi connectivity index (χ0v) is 18.0. The number of hydrogen-bond donors (Lipinski definition) is 2. The topological polar surface area (TPSA) is 98.8 Å². The van der Waals surface area contributed by atoms with E-state index < -0.39 is 15.9 Å². The molecule has 0 unspecified atom stereocenters. The van der Waals surface area contributed by atoms with Crippen molar-refractivity contribution in [1.29, 1.82) is 0 Å². The molecule has 10 heteroatoms. The molecule has 2 amide bonds. The zero-order valence-electron chi connectivity index (χ0n) is 16.3. The van der Waals surface area contributed by atoms with Crippen molar-refractivity contribution in [2.75, 3.05) is 32.5 Å². The third kappa shape index (κ3) is 5.02. The van der Waals surface area contributed by atoms with Gasteiger partial charge in [0, 0.05) is 32.7 Å². The standard InChI is InChI=1S/C19H24N4O4S2/c1-22(2)21-18(25)16-10-13-28-19(16)20-17(24)14-6-8-15(9-7-14)29(26,27)23-11-4-3-5-12-23/h6-10,13H,3-5,11-12H2,1-2H3,(H,20,24)(H,21,25). The van der Waals surface area contributed by atoms with Crippen LogP contribution in [0.2, 0.25) is 0 Å². The zero-order chi connectivity index (χ0) is 21.0. The molecule has 0 bridgehead atoms. The Labute approximate surface area is 174 Å². The van der Waals surface area contributed by atoms with Gasteiger partial charge in [0.05, 0.1) is 10.5 Å². The number of anilines is 1. The van der Waals surface area contributed by atoms with Crippen LogP contribution in [0.15, 0.2) is 40.6 Å². The summed E-state index contributed by atoms with van der Waals surface area (Å²) in [6.07, 6.45) is 2.77. The monoisotopic (exact) mass is 436 g/mol. The van der Waals surface area contributed by atoms with E-state index in [4.69, 9.17) is 0 Å². The van der Waals surface area contributed by atoms with E-state index in [1.54, 1.807) is 25.5 Å². The first kappa shape index (κ1) is 21.4. The second kappa shape index (κ2) is 9.04. The summed E-state index contributed by atoms with van der Waals surface area (Å²) >= 11 is 1.24. The van der Waals surface area contributed by atoms with Crippen molar-refractivity contribution < 1.29 is 18.0 Å². The van der Waals surface area contributed by atoms with Crippen LogP contribution >= 0.6 is 11.3 Å². The van der Waals surface area contributed by atoms with Crippen LogP contribution in [0.25, 0.3) is 0 Å². The number of hydrazine groups is 1. The number of carbonyl (C=O) groups is 2. The molecule has 29 heavy (non-hydrogen) atoms. The first-order valence-electron chi connectivity index (χ1n) is 9.26. The molecule has 0 radical (unpaired) electrons. The van der Waals surface area contributed by atoms with Gasteiger partial charge in [-0.3, -0.25) is 15.0 Å². The highest BCUT2D eigenvalue weighted by Crippen LogP contribution is 2.25. The summed E-state index contributed by atoms with van der Waals surface area (Å²) in [5, 5.41) is 6.39. The van der Waals surface area contributed by atoms with E-state index >= 15 is 0 Å². The third-order valence-corrected chi connectivity index (χ3v) is 7.27. The lowest BCUT2D eigenvalue weighted by Gasteiger charge is -2.25. The molecular formula is C19H24N4O4S2. The largest absolute Gasteiger partial charge is 0.313 e. The fourth-order valence-corrected chi connectivity index (χ4v) is 5.35. The van der Waals surface area contributed by atoms with E-state index in [0.29, 0.717) is 29.2 Å². The molecule has 0 aliphatic carbocycles. The van der Waals surface area contributed by atoms with E-state index in [-0.39, 0.29) is 10.8 Å². The number of piperidine rings is 1. The van der Waals surface area contributed by atoms with Gasteiger partial charge in [-0.2, -0.15) is 4.31 Å². The highest BCUT2D eigenvalue weighted by Gasteiger charge is 2.26. The Hall–Kier alpha value is -2.27. The molecule has 2 aromatic rings. The Morgan fingerprint density at radius 1 is 1.00 bits per heavy atom. The minimum absolute atomic E-state index is 0.179. The first-order valence-corrected chi connectivity index (χ1v) is 11.6. The van der Waals surface area contributed by atoms with Gasteiger partial charge in [0.2, 0.25) is 10.0 Å². The predicted octanol–water partition coefficient (Wildman–Crippen LogP) is 2.38. The molecule has 1 aromatic heterocycles. The van der Waals surface area contributed by atoms with Gasteiger partial charge in [-0.05, 0) is 48.6 Å². The lowest BCUT2D eigenvalue weighted by Crippen LogP contribution is -2.36. The summed E-state index contributed by atoms with van der Waals surface area (Å²) in [6.45, 7) is 1.06. The summed E-state index contributed by atoms with van der Waals surface area (Å²) in [6, 6.07) is 7.51. The maximum Gasteiger partial charge on any atom is 0.268 e. The Morgan fingerprint density at radius 3 is 2.28 bits per heavy atom. The number of carbonyl (C=O) groups excluding carboxylic acids is 2. The lowest BCUT2D eigenvalue weighted by molar-refractivity contribution is 0.0858. The summed E-state index contributed by atoms with van der Waals surface area (Å²) in [5.74, 6) is -0.734. The molecule has 0 saturated carbocycles. The number of hydrogen-bond acceptors (Lipinski definition) is 6. The molecule has 1 aromatic carbocycles. The predicted molar refractivity (Wildman–Crippen MR) is 112 cm³/mol. The molecule has 3 rings (SSSR count). The van der Waals surface area contributed by atoms with Crippen molar-refractivity contribution in [2.24, 2.45) is 0 Å². The second-order valence-electron chi connectivity index (χ2n) is 6.94. The normalized spacial score (nSPS) is 15.3. The van der Waals surface area contributed by atoms with Gasteiger partial charge in [0.15, 0.2) is 0 Å². The molecule has 0 spiro atoms. The van der Waals surface area contributed by atoms with Crippen molar-refractivity contribution >= 4 is 38.2 Å². The number of rotatable bonds is 6. The number of amides is 2. The van der Waals surface area contributed by atoms with E-state index in [1.807, 2.05) is 0 Å². The highest BCUT2D eigenvalue weighted by atomic mass is 32.2. The van der Waals surface area contributed by atoms with Gasteiger partial charge in [-0.1, -0.05) is 6.42 Å². The maximum absolute atomic E-state index is 12.7. The molecule has 1 fully saturated rings. The average Bonchev–Trinajstić information content (AvgIpc) is 3.16. The number of nitrogens with zero attached hydrogens (tertiary/aromatic N) is 2. The fraction of sp³-hybridized carbons (Fsp3) is 0.368. The van der Waals surface area contributed by atoms with Gasteiger partial charge < -0.3 is 5.32 Å². The lowest BCUT2D eigenvalue weighted by atomic mass is 10.2. The summed E-state index contributed by atoms with van der Waals surface area (Å²) in [7, 11) is -0.145. The van der Waals surface area contributed by atoms with Gasteiger partial charge in [-0.25, -0.2) is 13.4 Å². The van der Waals surface area contributed by atoms with Gasteiger partial charge in [-0.15, -0.1) is 11.3 Å². The van der Waals surface area contributed by atoms with Crippen LogP contribution < -0.4 is 10.7 Å². The van der Waals surface area contributed by atoms with E-state index in [0.717, 1.165) is 19.3 Å². The van der Waals surface area contributed by atoms with Gasteiger partial charge >= 0.3 is 0 Å². The number of thiophene rings is 1. The molecule has 1 saturated heterocycles. The van der Waals surface area contributed by atoms with Crippen LogP contribution in [-0.4, -0.2) is 56.7 Å². The van der Waals surface area contributed by atoms with E-state index in [1.165, 1.54) is 44.9 Å². The molecule has 0 atom stereocenters. The SMILES string of the molecule is CN(C)NC(=O)c1ccsc1NC(=O)c1ccc(S(=O)(=O)N2CCCCC2)cc1. The number of nitrogens with one attached hydrogen (secondary N) is 2. The Balaban J connectivity index is 1.72. The van der Waals surface area contributed by atoms with Crippen LogP contribution in [0.5, 0.6) is 0 Å².